The van der Waals surface area contributed by atoms with E-state index in [-0.39, 0.29) is 11.6 Å². The first-order chi connectivity index (χ1) is 10.1. The Bertz CT molecular complexity index is 726. The Labute approximate surface area is 120 Å². The molecule has 21 heavy (non-hydrogen) atoms. The van der Waals surface area contributed by atoms with Gasteiger partial charge in [0.05, 0.1) is 14.2 Å². The number of methoxy groups -OCH3 is 2. The molecule has 0 atom stereocenters. The summed E-state index contributed by atoms with van der Waals surface area (Å²) in [5.74, 6) is 0.645. The van der Waals surface area contributed by atoms with Crippen LogP contribution in [0.2, 0.25) is 0 Å². The van der Waals surface area contributed by atoms with Crippen LogP contribution >= 0.6 is 0 Å². The van der Waals surface area contributed by atoms with E-state index in [4.69, 9.17) is 20.6 Å². The summed E-state index contributed by atoms with van der Waals surface area (Å²) in [5, 5.41) is 10.3. The van der Waals surface area contributed by atoms with Crippen LogP contribution in [-0.2, 0) is 0 Å². The molecule has 1 heterocycles. The first-order valence-electron chi connectivity index (χ1n) is 5.98. The van der Waals surface area contributed by atoms with Crippen LogP contribution in [0.4, 0.5) is 17.2 Å². The second kappa shape index (κ2) is 5.95. The number of hydrogen-bond donors (Lipinski definition) is 4. The smallest absolute Gasteiger partial charge is 0.350 e. The van der Waals surface area contributed by atoms with Gasteiger partial charge >= 0.3 is 5.69 Å². The summed E-state index contributed by atoms with van der Waals surface area (Å²) in [6, 6.07) is 5.05. The third kappa shape index (κ3) is 2.94. The molecule has 0 saturated heterocycles. The lowest BCUT2D eigenvalue weighted by Gasteiger charge is -2.13. The molecule has 0 aliphatic heterocycles. The van der Waals surface area contributed by atoms with E-state index in [0.29, 0.717) is 22.8 Å². The van der Waals surface area contributed by atoms with E-state index in [9.17, 15) is 4.79 Å². The van der Waals surface area contributed by atoms with Gasteiger partial charge in [-0.15, -0.1) is 0 Å². The number of nitrogens with zero attached hydrogens (tertiary/aromatic N) is 1. The number of nitrogens with one attached hydrogen (secondary N) is 3. The minimum atomic E-state index is -0.571. The number of benzene rings is 1. The Balaban J connectivity index is 2.46. The molecular formula is C13H15N5O3. The summed E-state index contributed by atoms with van der Waals surface area (Å²) in [5.41, 5.74) is 6.83. The van der Waals surface area contributed by atoms with Gasteiger partial charge in [-0.1, -0.05) is 0 Å². The molecule has 0 saturated carbocycles. The fraction of sp³-hybridized carbons (Fsp3) is 0.154. The molecule has 1 aromatic heterocycles. The fourth-order valence-electron chi connectivity index (χ4n) is 1.78. The summed E-state index contributed by atoms with van der Waals surface area (Å²) >= 11 is 0. The standard InChI is InChI=1S/C13H15N5O3/c1-20-10-11(17-13(19)18-12(10)21-2)16-8-3-4-9(15)7(5-8)6-14/h3-6,14H,15H2,1-2H3,(H2,16,17,18,19). The number of hydrogen-bond acceptors (Lipinski definition) is 7. The minimum absolute atomic E-state index is 0.0754. The van der Waals surface area contributed by atoms with E-state index in [0.717, 1.165) is 6.21 Å². The molecule has 0 aliphatic carbocycles. The highest BCUT2D eigenvalue weighted by atomic mass is 16.5. The van der Waals surface area contributed by atoms with E-state index >= 15 is 0 Å². The normalized spacial score (nSPS) is 10.0. The molecule has 2 aromatic rings. The van der Waals surface area contributed by atoms with Crippen molar-refractivity contribution in [3.8, 4) is 11.6 Å². The zero-order valence-corrected chi connectivity index (χ0v) is 11.6. The number of anilines is 3. The van der Waals surface area contributed by atoms with Crippen molar-refractivity contribution in [2.75, 3.05) is 25.3 Å². The quantitative estimate of drug-likeness (QED) is 0.482. The van der Waals surface area contributed by atoms with Crippen molar-refractivity contribution in [2.45, 2.75) is 0 Å². The third-order valence-electron chi connectivity index (χ3n) is 2.77. The Morgan fingerprint density at radius 2 is 2.14 bits per heavy atom. The van der Waals surface area contributed by atoms with Gasteiger partial charge in [0, 0.05) is 23.2 Å². The van der Waals surface area contributed by atoms with Crippen LogP contribution in [0.1, 0.15) is 5.56 Å². The lowest BCUT2D eigenvalue weighted by molar-refractivity contribution is 0.341. The Kier molecular flexibility index (Phi) is 4.07. The number of nitrogen functional groups attached to an aromatic ring is 1. The number of H-pyrrole nitrogens is 1. The van der Waals surface area contributed by atoms with Crippen LogP contribution in [0.25, 0.3) is 0 Å². The molecule has 0 radical (unpaired) electrons. The number of ether oxygens (including phenoxy) is 2. The van der Waals surface area contributed by atoms with Crippen LogP contribution in [0, 0.1) is 5.41 Å². The number of aromatic amines is 1. The maximum atomic E-state index is 11.5. The summed E-state index contributed by atoms with van der Waals surface area (Å²) in [6.45, 7) is 0. The summed E-state index contributed by atoms with van der Waals surface area (Å²) < 4.78 is 10.2. The molecular weight excluding hydrogens is 274 g/mol. The first kappa shape index (κ1) is 14.4. The van der Waals surface area contributed by atoms with Gasteiger partial charge in [0.15, 0.2) is 5.82 Å². The molecule has 5 N–H and O–H groups in total. The maximum absolute atomic E-state index is 11.5. The molecule has 8 nitrogen and oxygen atoms in total. The highest BCUT2D eigenvalue weighted by molar-refractivity contribution is 5.87. The van der Waals surface area contributed by atoms with Gasteiger partial charge in [0.1, 0.15) is 0 Å². The van der Waals surface area contributed by atoms with E-state index in [1.807, 2.05) is 0 Å². The minimum Gasteiger partial charge on any atom is -0.489 e. The van der Waals surface area contributed by atoms with Crippen molar-refractivity contribution in [3.63, 3.8) is 0 Å². The van der Waals surface area contributed by atoms with Crippen molar-refractivity contribution in [1.29, 1.82) is 5.41 Å². The second-order valence-corrected chi connectivity index (χ2v) is 4.07. The Morgan fingerprint density at radius 3 is 2.76 bits per heavy atom. The molecule has 0 bridgehead atoms. The molecule has 2 rings (SSSR count). The van der Waals surface area contributed by atoms with Crippen LogP contribution < -0.4 is 26.2 Å². The third-order valence-corrected chi connectivity index (χ3v) is 2.77. The first-order valence-corrected chi connectivity index (χ1v) is 5.98. The topological polar surface area (TPSA) is 126 Å². The molecule has 1 aromatic carbocycles. The van der Waals surface area contributed by atoms with Gasteiger partial charge < -0.3 is 25.9 Å². The summed E-state index contributed by atoms with van der Waals surface area (Å²) in [4.78, 5) is 17.7. The molecule has 0 unspecified atom stereocenters. The predicted octanol–water partition coefficient (Wildman–Crippen LogP) is 1.11. The molecule has 0 amide bonds. The monoisotopic (exact) mass is 289 g/mol. The molecule has 0 spiro atoms. The van der Waals surface area contributed by atoms with Gasteiger partial charge in [-0.25, -0.2) is 4.79 Å². The molecule has 0 fully saturated rings. The maximum Gasteiger partial charge on any atom is 0.350 e. The highest BCUT2D eigenvalue weighted by Gasteiger charge is 2.14. The Hall–Kier alpha value is -3.03. The molecule has 0 aliphatic rings. The van der Waals surface area contributed by atoms with Gasteiger partial charge in [-0.2, -0.15) is 4.98 Å². The highest BCUT2D eigenvalue weighted by Crippen LogP contribution is 2.32. The van der Waals surface area contributed by atoms with Crippen molar-refractivity contribution in [2.24, 2.45) is 0 Å². The van der Waals surface area contributed by atoms with E-state index < -0.39 is 5.69 Å². The van der Waals surface area contributed by atoms with Crippen molar-refractivity contribution in [1.82, 2.24) is 9.97 Å². The van der Waals surface area contributed by atoms with Crippen LogP contribution in [-0.4, -0.2) is 30.4 Å². The van der Waals surface area contributed by atoms with Gasteiger partial charge in [-0.3, -0.25) is 4.98 Å². The molecule has 110 valence electrons. The van der Waals surface area contributed by atoms with E-state index in [1.54, 1.807) is 18.2 Å². The fourth-order valence-corrected chi connectivity index (χ4v) is 1.78. The zero-order chi connectivity index (χ0) is 15.4. The van der Waals surface area contributed by atoms with Gasteiger partial charge in [-0.05, 0) is 18.2 Å². The van der Waals surface area contributed by atoms with E-state index in [2.05, 4.69) is 15.3 Å². The molecule has 8 heteroatoms. The number of rotatable bonds is 5. The van der Waals surface area contributed by atoms with Crippen LogP contribution in [0.3, 0.4) is 0 Å². The van der Waals surface area contributed by atoms with Crippen molar-refractivity contribution in [3.05, 3.63) is 34.2 Å². The van der Waals surface area contributed by atoms with Gasteiger partial charge in [0.25, 0.3) is 5.88 Å². The number of nitrogens with two attached hydrogens (primary N) is 1. The lowest BCUT2D eigenvalue weighted by atomic mass is 10.1. The SMILES string of the molecule is COc1nc(=O)[nH]c(Nc2ccc(N)c(C=N)c2)c1OC. The van der Waals surface area contributed by atoms with E-state index in [1.165, 1.54) is 14.2 Å². The summed E-state index contributed by atoms with van der Waals surface area (Å²) in [7, 11) is 2.83. The summed E-state index contributed by atoms with van der Waals surface area (Å²) in [6.07, 6.45) is 1.15. The zero-order valence-electron chi connectivity index (χ0n) is 11.6. The van der Waals surface area contributed by atoms with Crippen molar-refractivity contribution >= 4 is 23.4 Å². The van der Waals surface area contributed by atoms with Crippen LogP contribution in [0.15, 0.2) is 23.0 Å². The Morgan fingerprint density at radius 1 is 1.38 bits per heavy atom. The average molecular weight is 289 g/mol. The lowest BCUT2D eigenvalue weighted by Crippen LogP contribution is -2.15. The van der Waals surface area contributed by atoms with Gasteiger partial charge in [0.2, 0.25) is 5.75 Å². The average Bonchev–Trinajstić information content (AvgIpc) is 2.48. The number of aromatic nitrogens is 2. The second-order valence-electron chi connectivity index (χ2n) is 4.07. The predicted molar refractivity (Wildman–Crippen MR) is 80.0 cm³/mol. The van der Waals surface area contributed by atoms with Crippen molar-refractivity contribution < 1.29 is 9.47 Å². The largest absolute Gasteiger partial charge is 0.489 e. The van der Waals surface area contributed by atoms with Crippen LogP contribution in [0.5, 0.6) is 11.6 Å².